The molecule has 2 aliphatic heterocycles. The molecular weight excluding hydrogens is 487 g/mol. The van der Waals surface area contributed by atoms with Crippen LogP contribution in [0.25, 0.3) is 10.9 Å². The van der Waals surface area contributed by atoms with E-state index in [1.54, 1.807) is 6.20 Å². The molecule has 2 aromatic rings. The minimum Gasteiger partial charge on any atom is -0.463 e. The number of rotatable bonds is 7. The average molecular weight is 523 g/mol. The Kier molecular flexibility index (Phi) is 6.30. The maximum Gasteiger partial charge on any atom is 0.319 e. The Morgan fingerprint density at radius 3 is 2.54 bits per heavy atom. The maximum absolute atomic E-state index is 15.0. The van der Waals surface area contributed by atoms with Gasteiger partial charge in [0.1, 0.15) is 11.3 Å². The van der Waals surface area contributed by atoms with Crippen molar-refractivity contribution >= 4 is 36.6 Å². The van der Waals surface area contributed by atoms with E-state index < -0.39 is 14.1 Å². The van der Waals surface area contributed by atoms with Crippen LogP contribution in [0, 0.1) is 11.2 Å². The third-order valence-corrected chi connectivity index (χ3v) is 13.2. The minimum absolute atomic E-state index is 0.0304. The summed E-state index contributed by atoms with van der Waals surface area (Å²) in [6.07, 6.45) is 6.68. The molecule has 35 heavy (non-hydrogen) atoms. The summed E-state index contributed by atoms with van der Waals surface area (Å²) < 4.78 is 33.6. The van der Waals surface area contributed by atoms with E-state index >= 15 is 4.39 Å². The van der Waals surface area contributed by atoms with Crippen LogP contribution in [-0.4, -0.2) is 61.8 Å². The van der Waals surface area contributed by atoms with Crippen LogP contribution in [0.4, 0.5) is 10.2 Å². The van der Waals surface area contributed by atoms with Crippen LogP contribution in [0.1, 0.15) is 52.9 Å². The van der Waals surface area contributed by atoms with Crippen molar-refractivity contribution in [3.63, 3.8) is 0 Å². The molecule has 1 spiro atoms. The van der Waals surface area contributed by atoms with E-state index in [2.05, 4.69) is 48.7 Å². The van der Waals surface area contributed by atoms with Crippen molar-refractivity contribution in [2.75, 3.05) is 37.8 Å². The first kappa shape index (κ1) is 25.1. The van der Waals surface area contributed by atoms with Crippen molar-refractivity contribution in [2.24, 2.45) is 5.41 Å². The summed E-state index contributed by atoms with van der Waals surface area (Å²) in [6, 6.07) is 0.168. The first-order valence-corrected chi connectivity index (χ1v) is 15.9. The number of halogens is 2. The predicted molar refractivity (Wildman–Crippen MR) is 137 cm³/mol. The molecule has 3 fully saturated rings. The Bertz CT molecular complexity index is 1120. The second-order valence-electron chi connectivity index (χ2n) is 12.1. The van der Waals surface area contributed by atoms with E-state index in [0.717, 1.165) is 45.3 Å². The van der Waals surface area contributed by atoms with Crippen LogP contribution in [0.5, 0.6) is 6.01 Å². The summed E-state index contributed by atoms with van der Waals surface area (Å²) in [5.41, 5.74) is -0.0209. The molecule has 1 aliphatic carbocycles. The molecule has 1 saturated carbocycles. The SMILES string of the molecule is CC(C)(C)[Si](C)(C)OCC1(COc2nc(N3CCCC4(CCO4)C3)c3cnc(Cl)c(F)c3n2)CC1. The molecule has 10 heteroatoms. The van der Waals surface area contributed by atoms with E-state index in [-0.39, 0.29) is 32.7 Å². The van der Waals surface area contributed by atoms with E-state index in [4.69, 9.17) is 30.5 Å². The van der Waals surface area contributed by atoms with Gasteiger partial charge < -0.3 is 18.8 Å². The molecule has 7 nitrogen and oxygen atoms in total. The fourth-order valence-corrected chi connectivity index (χ4v) is 5.81. The van der Waals surface area contributed by atoms with Gasteiger partial charge in [0.05, 0.1) is 24.2 Å². The second-order valence-corrected chi connectivity index (χ2v) is 17.3. The van der Waals surface area contributed by atoms with Crippen molar-refractivity contribution in [2.45, 2.75) is 76.6 Å². The van der Waals surface area contributed by atoms with Crippen molar-refractivity contribution in [1.29, 1.82) is 0 Å². The summed E-state index contributed by atoms with van der Waals surface area (Å²) in [7, 11) is -1.85. The lowest BCUT2D eigenvalue weighted by atomic mass is 9.86. The van der Waals surface area contributed by atoms with E-state index in [1.165, 1.54) is 0 Å². The van der Waals surface area contributed by atoms with Gasteiger partial charge in [0.15, 0.2) is 19.3 Å². The number of hydrogen-bond donors (Lipinski definition) is 0. The van der Waals surface area contributed by atoms with Crippen LogP contribution < -0.4 is 9.64 Å². The maximum atomic E-state index is 15.0. The van der Waals surface area contributed by atoms with Crippen LogP contribution in [0.15, 0.2) is 6.20 Å². The second kappa shape index (κ2) is 8.78. The quantitative estimate of drug-likeness (QED) is 0.338. The summed E-state index contributed by atoms with van der Waals surface area (Å²) >= 11 is 6.00. The Balaban J connectivity index is 1.38. The van der Waals surface area contributed by atoms with Crippen molar-refractivity contribution in [3.8, 4) is 6.01 Å². The molecule has 1 atom stereocenters. The molecule has 2 saturated heterocycles. The van der Waals surface area contributed by atoms with E-state index in [0.29, 0.717) is 31.0 Å². The van der Waals surface area contributed by atoms with Crippen LogP contribution in [-0.2, 0) is 9.16 Å². The minimum atomic E-state index is -1.85. The Hall–Kier alpha value is -1.55. The van der Waals surface area contributed by atoms with Crippen molar-refractivity contribution in [3.05, 3.63) is 17.2 Å². The molecule has 0 N–H and O–H groups in total. The van der Waals surface area contributed by atoms with Gasteiger partial charge in [-0.25, -0.2) is 9.37 Å². The monoisotopic (exact) mass is 522 g/mol. The third-order valence-electron chi connectivity index (χ3n) is 8.42. The lowest BCUT2D eigenvalue weighted by Crippen LogP contribution is -2.56. The molecule has 4 heterocycles. The zero-order valence-electron chi connectivity index (χ0n) is 21.4. The lowest BCUT2D eigenvalue weighted by molar-refractivity contribution is -0.151. The number of ether oxygens (including phenoxy) is 2. The van der Waals surface area contributed by atoms with Gasteiger partial charge in [0, 0.05) is 37.7 Å². The standard InChI is InChI=1S/C25H36ClFN4O3Si/c1-23(2,3)35(4,5)34-16-24(8-9-24)15-32-22-29-19-17(13-28-20(26)18(19)27)21(30-22)31-11-6-7-25(14-31)10-12-33-25/h13H,6-12,14-16H2,1-5H3. The normalized spacial score (nSPS) is 24.0. The van der Waals surface area contributed by atoms with Crippen LogP contribution in [0.2, 0.25) is 23.3 Å². The number of anilines is 1. The molecule has 0 bridgehead atoms. The van der Waals surface area contributed by atoms with Gasteiger partial charge in [-0.3, -0.25) is 0 Å². The lowest BCUT2D eigenvalue weighted by Gasteiger charge is -2.48. The zero-order valence-corrected chi connectivity index (χ0v) is 23.2. The molecule has 192 valence electrons. The largest absolute Gasteiger partial charge is 0.463 e. The molecule has 5 rings (SSSR count). The van der Waals surface area contributed by atoms with Crippen molar-refractivity contribution < 1.29 is 18.3 Å². The van der Waals surface area contributed by atoms with E-state index in [9.17, 15) is 0 Å². The van der Waals surface area contributed by atoms with Gasteiger partial charge in [-0.05, 0) is 43.8 Å². The summed E-state index contributed by atoms with van der Waals surface area (Å²) in [5.74, 6) is -0.0170. The van der Waals surface area contributed by atoms with Gasteiger partial charge in [-0.2, -0.15) is 9.97 Å². The molecule has 1 unspecified atom stereocenters. The molecule has 3 aliphatic rings. The topological polar surface area (TPSA) is 69.6 Å². The summed E-state index contributed by atoms with van der Waals surface area (Å²) in [4.78, 5) is 15.3. The molecule has 0 aromatic carbocycles. The van der Waals surface area contributed by atoms with Gasteiger partial charge in [0.25, 0.3) is 0 Å². The van der Waals surface area contributed by atoms with Gasteiger partial charge >= 0.3 is 6.01 Å². The van der Waals surface area contributed by atoms with Gasteiger partial charge in [0.2, 0.25) is 0 Å². The predicted octanol–water partition coefficient (Wildman–Crippen LogP) is 5.76. The number of hydrogen-bond acceptors (Lipinski definition) is 7. The number of pyridine rings is 1. The summed E-state index contributed by atoms with van der Waals surface area (Å²) in [6.45, 7) is 14.7. The fraction of sp³-hybridized carbons (Fsp3) is 0.720. The third kappa shape index (κ3) is 4.89. The highest BCUT2D eigenvalue weighted by molar-refractivity contribution is 6.74. The number of piperidine rings is 1. The first-order valence-electron chi connectivity index (χ1n) is 12.6. The highest BCUT2D eigenvalue weighted by atomic mass is 35.5. The molecular formula is C25H36ClFN4O3Si. The van der Waals surface area contributed by atoms with Crippen LogP contribution in [0.3, 0.4) is 0 Å². The highest BCUT2D eigenvalue weighted by Crippen LogP contribution is 2.48. The molecule has 0 radical (unpaired) electrons. The zero-order chi connectivity index (χ0) is 25.1. The highest BCUT2D eigenvalue weighted by Gasteiger charge is 2.47. The number of aromatic nitrogens is 3. The molecule has 2 aromatic heterocycles. The Morgan fingerprint density at radius 2 is 1.91 bits per heavy atom. The fourth-order valence-electron chi connectivity index (χ4n) is 4.57. The van der Waals surface area contributed by atoms with Gasteiger partial charge in [-0.1, -0.05) is 32.4 Å². The number of fused-ring (bicyclic) bond motifs is 1. The Labute approximate surface area is 212 Å². The smallest absolute Gasteiger partial charge is 0.319 e. The number of nitrogens with zero attached hydrogens (tertiary/aromatic N) is 4. The molecule has 0 amide bonds. The van der Waals surface area contributed by atoms with Crippen LogP contribution >= 0.6 is 11.6 Å². The first-order chi connectivity index (χ1) is 16.4. The Morgan fingerprint density at radius 1 is 1.17 bits per heavy atom. The summed E-state index contributed by atoms with van der Waals surface area (Å²) in [5, 5.41) is 0.492. The van der Waals surface area contributed by atoms with Crippen molar-refractivity contribution in [1.82, 2.24) is 15.0 Å². The average Bonchev–Trinajstić information content (AvgIpc) is 3.57. The van der Waals surface area contributed by atoms with E-state index in [1.807, 2.05) is 0 Å². The van der Waals surface area contributed by atoms with Gasteiger partial charge in [-0.15, -0.1) is 0 Å².